The quantitative estimate of drug-likeness (QED) is 0.529. The molecule has 1 saturated carbocycles. The summed E-state index contributed by atoms with van der Waals surface area (Å²) >= 11 is 0. The molecule has 0 atom stereocenters. The van der Waals surface area contributed by atoms with Crippen molar-refractivity contribution < 1.29 is 4.74 Å². The number of benzene rings is 1. The van der Waals surface area contributed by atoms with Crippen LogP contribution >= 0.6 is 0 Å². The predicted octanol–water partition coefficient (Wildman–Crippen LogP) is 5.07. The number of ether oxygens (including phenoxy) is 1. The second kappa shape index (κ2) is 7.49. The van der Waals surface area contributed by atoms with Gasteiger partial charge in [-0.2, -0.15) is 0 Å². The normalized spacial score (nSPS) is 23.9. The molecule has 0 unspecified atom stereocenters. The number of allylic oxidation sites excluding steroid dienone is 1. The minimum atomic E-state index is 0.707. The van der Waals surface area contributed by atoms with Crippen LogP contribution in [0.3, 0.4) is 0 Å². The zero-order chi connectivity index (χ0) is 13.5. The third-order valence-electron chi connectivity index (χ3n) is 4.19. The summed E-state index contributed by atoms with van der Waals surface area (Å²) in [5.74, 6) is 1.71. The summed E-state index contributed by atoms with van der Waals surface area (Å²) in [4.78, 5) is 0. The molecular formula is C18H26O. The van der Waals surface area contributed by atoms with E-state index in [4.69, 9.17) is 4.74 Å². The van der Waals surface area contributed by atoms with Gasteiger partial charge in [0.15, 0.2) is 0 Å². The van der Waals surface area contributed by atoms with E-state index in [1.54, 1.807) is 0 Å². The van der Waals surface area contributed by atoms with Crippen molar-refractivity contribution in [1.82, 2.24) is 0 Å². The third kappa shape index (κ3) is 4.50. The molecular weight excluding hydrogens is 232 g/mol. The van der Waals surface area contributed by atoms with Crippen molar-refractivity contribution in [2.75, 3.05) is 6.61 Å². The summed E-state index contributed by atoms with van der Waals surface area (Å²) in [5.41, 5.74) is 2.79. The van der Waals surface area contributed by atoms with Crippen LogP contribution in [0.25, 0.3) is 0 Å². The highest BCUT2D eigenvalue weighted by molar-refractivity contribution is 5.25. The number of hydrogen-bond acceptors (Lipinski definition) is 1. The van der Waals surface area contributed by atoms with Gasteiger partial charge in [0.2, 0.25) is 0 Å². The van der Waals surface area contributed by atoms with Gasteiger partial charge in [0.1, 0.15) is 0 Å². The van der Waals surface area contributed by atoms with Crippen LogP contribution in [0.2, 0.25) is 0 Å². The first-order valence-corrected chi connectivity index (χ1v) is 7.57. The van der Waals surface area contributed by atoms with Crippen LogP contribution in [0.1, 0.15) is 56.6 Å². The highest BCUT2D eigenvalue weighted by Crippen LogP contribution is 2.35. The lowest BCUT2D eigenvalue weighted by molar-refractivity contribution is 0.148. The van der Waals surface area contributed by atoms with Crippen molar-refractivity contribution in [2.45, 2.75) is 52.1 Å². The Kier molecular flexibility index (Phi) is 5.65. The lowest BCUT2D eigenvalue weighted by atomic mass is 9.79. The first-order chi connectivity index (χ1) is 9.29. The van der Waals surface area contributed by atoms with Gasteiger partial charge >= 0.3 is 0 Å². The first kappa shape index (κ1) is 14.3. The Bertz CT molecular complexity index is 383. The van der Waals surface area contributed by atoms with E-state index in [0.29, 0.717) is 13.2 Å². The summed E-state index contributed by atoms with van der Waals surface area (Å²) in [7, 11) is 0. The average molecular weight is 258 g/mol. The SMILES string of the molecule is CC=CCOCc1ccc(C2CCC(C)CC2)cc1. The zero-order valence-corrected chi connectivity index (χ0v) is 12.3. The Hall–Kier alpha value is -1.08. The van der Waals surface area contributed by atoms with Crippen LogP contribution in [0.5, 0.6) is 0 Å². The van der Waals surface area contributed by atoms with Gasteiger partial charge in [-0.3, -0.25) is 0 Å². The van der Waals surface area contributed by atoms with Gasteiger partial charge in [-0.25, -0.2) is 0 Å². The van der Waals surface area contributed by atoms with E-state index in [1.807, 2.05) is 19.1 Å². The van der Waals surface area contributed by atoms with Crippen molar-refractivity contribution in [3.63, 3.8) is 0 Å². The average Bonchev–Trinajstić information content (AvgIpc) is 2.45. The van der Waals surface area contributed by atoms with Gasteiger partial charge in [-0.05, 0) is 42.7 Å². The van der Waals surface area contributed by atoms with E-state index in [0.717, 1.165) is 11.8 Å². The molecule has 19 heavy (non-hydrogen) atoms. The predicted molar refractivity (Wildman–Crippen MR) is 81.3 cm³/mol. The topological polar surface area (TPSA) is 9.23 Å². The van der Waals surface area contributed by atoms with Gasteiger partial charge in [-0.15, -0.1) is 0 Å². The van der Waals surface area contributed by atoms with Crippen LogP contribution in [-0.2, 0) is 11.3 Å². The van der Waals surface area contributed by atoms with Crippen molar-refractivity contribution in [2.24, 2.45) is 5.92 Å². The molecule has 0 aliphatic heterocycles. The Morgan fingerprint density at radius 2 is 1.79 bits per heavy atom. The molecule has 0 radical (unpaired) electrons. The van der Waals surface area contributed by atoms with Gasteiger partial charge < -0.3 is 4.74 Å². The van der Waals surface area contributed by atoms with E-state index in [2.05, 4.69) is 31.2 Å². The van der Waals surface area contributed by atoms with Crippen LogP contribution in [0.15, 0.2) is 36.4 Å². The molecule has 1 nitrogen and oxygen atoms in total. The number of rotatable bonds is 5. The molecule has 0 saturated heterocycles. The van der Waals surface area contributed by atoms with Crippen molar-refractivity contribution in [3.05, 3.63) is 47.5 Å². The summed E-state index contributed by atoms with van der Waals surface area (Å²) in [6.07, 6.45) is 9.55. The molecule has 0 bridgehead atoms. The molecule has 1 heteroatoms. The van der Waals surface area contributed by atoms with E-state index < -0.39 is 0 Å². The minimum absolute atomic E-state index is 0.707. The molecule has 104 valence electrons. The second-order valence-corrected chi connectivity index (χ2v) is 5.78. The molecule has 2 rings (SSSR count). The third-order valence-corrected chi connectivity index (χ3v) is 4.19. The highest BCUT2D eigenvalue weighted by Gasteiger charge is 2.19. The lowest BCUT2D eigenvalue weighted by Gasteiger charge is -2.26. The Morgan fingerprint density at radius 1 is 1.11 bits per heavy atom. The monoisotopic (exact) mass is 258 g/mol. The van der Waals surface area contributed by atoms with Crippen molar-refractivity contribution in [1.29, 1.82) is 0 Å². The van der Waals surface area contributed by atoms with E-state index in [9.17, 15) is 0 Å². The lowest BCUT2D eigenvalue weighted by Crippen LogP contribution is -2.10. The van der Waals surface area contributed by atoms with Crippen molar-refractivity contribution >= 4 is 0 Å². The first-order valence-electron chi connectivity index (χ1n) is 7.57. The maximum Gasteiger partial charge on any atom is 0.0721 e. The summed E-state index contributed by atoms with van der Waals surface area (Å²) < 4.78 is 5.57. The molecule has 0 spiro atoms. The highest BCUT2D eigenvalue weighted by atomic mass is 16.5. The van der Waals surface area contributed by atoms with Crippen LogP contribution < -0.4 is 0 Å². The number of hydrogen-bond donors (Lipinski definition) is 0. The largest absolute Gasteiger partial charge is 0.373 e. The van der Waals surface area contributed by atoms with Crippen LogP contribution in [0.4, 0.5) is 0 Å². The second-order valence-electron chi connectivity index (χ2n) is 5.78. The molecule has 0 N–H and O–H groups in total. The molecule has 1 aliphatic carbocycles. The summed E-state index contributed by atoms with van der Waals surface area (Å²) in [6, 6.07) is 9.05. The molecule has 0 heterocycles. The minimum Gasteiger partial charge on any atom is -0.373 e. The summed E-state index contributed by atoms with van der Waals surface area (Å²) in [6.45, 7) is 5.82. The van der Waals surface area contributed by atoms with Crippen LogP contribution in [0, 0.1) is 5.92 Å². The fraction of sp³-hybridized carbons (Fsp3) is 0.556. The van der Waals surface area contributed by atoms with E-state index in [1.165, 1.54) is 36.8 Å². The maximum absolute atomic E-state index is 5.57. The standard InChI is InChI=1S/C18H26O/c1-3-4-13-19-14-16-7-11-18(12-8-16)17-9-5-15(2)6-10-17/h3-4,7-8,11-12,15,17H,5-6,9-10,13-14H2,1-2H3. The van der Waals surface area contributed by atoms with Gasteiger partial charge in [0.25, 0.3) is 0 Å². The van der Waals surface area contributed by atoms with Gasteiger partial charge in [0, 0.05) is 0 Å². The summed E-state index contributed by atoms with van der Waals surface area (Å²) in [5, 5.41) is 0. The molecule has 0 amide bonds. The fourth-order valence-electron chi connectivity index (χ4n) is 2.82. The maximum atomic E-state index is 5.57. The fourth-order valence-corrected chi connectivity index (χ4v) is 2.82. The molecule has 0 aromatic heterocycles. The molecule has 1 aromatic carbocycles. The molecule has 1 aromatic rings. The van der Waals surface area contributed by atoms with E-state index >= 15 is 0 Å². The Labute approximate surface area is 117 Å². The Balaban J connectivity index is 1.84. The smallest absolute Gasteiger partial charge is 0.0721 e. The van der Waals surface area contributed by atoms with Crippen molar-refractivity contribution in [3.8, 4) is 0 Å². The molecule has 1 fully saturated rings. The zero-order valence-electron chi connectivity index (χ0n) is 12.3. The Morgan fingerprint density at radius 3 is 2.42 bits per heavy atom. The van der Waals surface area contributed by atoms with Crippen LogP contribution in [-0.4, -0.2) is 6.61 Å². The molecule has 1 aliphatic rings. The van der Waals surface area contributed by atoms with Gasteiger partial charge in [-0.1, -0.05) is 56.2 Å². The van der Waals surface area contributed by atoms with Gasteiger partial charge in [0.05, 0.1) is 13.2 Å². The van der Waals surface area contributed by atoms with E-state index in [-0.39, 0.29) is 0 Å².